The molecule has 1 aromatic rings. The van der Waals surface area contributed by atoms with Crippen LogP contribution in [0.2, 0.25) is 0 Å². The van der Waals surface area contributed by atoms with Gasteiger partial charge in [0, 0.05) is 26.2 Å². The number of carbonyl (C=O) groups excluding carboxylic acids is 1. The van der Waals surface area contributed by atoms with Gasteiger partial charge in [-0.2, -0.15) is 0 Å². The molecular weight excluding hydrogens is 168 g/mol. The number of carbonyl (C=O) groups is 1. The molecule has 0 aromatic carbocycles. The molecule has 0 radical (unpaired) electrons. The molecule has 1 aliphatic heterocycles. The summed E-state index contributed by atoms with van der Waals surface area (Å²) in [6, 6.07) is 0.150. The second kappa shape index (κ2) is 2.85. The van der Waals surface area contributed by atoms with Crippen LogP contribution in [0, 0.1) is 0 Å². The van der Waals surface area contributed by atoms with Crippen molar-refractivity contribution in [1.82, 2.24) is 14.5 Å². The van der Waals surface area contributed by atoms with E-state index in [9.17, 15) is 4.79 Å². The molecule has 0 spiro atoms. The molecule has 0 atom stereocenters. The van der Waals surface area contributed by atoms with E-state index in [1.807, 2.05) is 0 Å². The summed E-state index contributed by atoms with van der Waals surface area (Å²) in [5, 5.41) is 0. The monoisotopic (exact) mass is 180 g/mol. The van der Waals surface area contributed by atoms with Crippen molar-refractivity contribution in [2.24, 2.45) is 12.8 Å². The molecule has 1 aromatic heterocycles. The summed E-state index contributed by atoms with van der Waals surface area (Å²) in [4.78, 5) is 17.3. The number of nitrogens with zero attached hydrogens (tertiary/aromatic N) is 3. The zero-order valence-electron chi connectivity index (χ0n) is 7.47. The van der Waals surface area contributed by atoms with Gasteiger partial charge in [0.05, 0.1) is 12.5 Å². The van der Waals surface area contributed by atoms with Crippen molar-refractivity contribution in [2.45, 2.75) is 6.04 Å². The van der Waals surface area contributed by atoms with Crippen LogP contribution in [0.4, 0.5) is 0 Å². The Morgan fingerprint density at radius 3 is 2.85 bits per heavy atom. The van der Waals surface area contributed by atoms with Gasteiger partial charge in [-0.05, 0) is 0 Å². The fourth-order valence-corrected chi connectivity index (χ4v) is 1.40. The van der Waals surface area contributed by atoms with E-state index in [4.69, 9.17) is 5.73 Å². The van der Waals surface area contributed by atoms with Gasteiger partial charge in [-0.15, -0.1) is 0 Å². The minimum Gasteiger partial charge on any atom is -0.334 e. The lowest BCUT2D eigenvalue weighted by Crippen LogP contribution is -2.58. The molecule has 1 amide bonds. The zero-order valence-corrected chi connectivity index (χ0v) is 7.47. The van der Waals surface area contributed by atoms with Crippen LogP contribution in [0.1, 0.15) is 10.5 Å². The lowest BCUT2D eigenvalue weighted by Gasteiger charge is -2.36. The smallest absolute Gasteiger partial charge is 0.272 e. The second-order valence-corrected chi connectivity index (χ2v) is 3.36. The molecule has 0 aliphatic carbocycles. The molecule has 2 N–H and O–H groups in total. The zero-order chi connectivity index (χ0) is 9.42. The van der Waals surface area contributed by atoms with Gasteiger partial charge in [0.25, 0.3) is 5.91 Å². The van der Waals surface area contributed by atoms with Crippen LogP contribution in [-0.4, -0.2) is 39.5 Å². The molecule has 5 nitrogen and oxygen atoms in total. The summed E-state index contributed by atoms with van der Waals surface area (Å²) in [6.07, 6.45) is 3.19. The molecule has 2 rings (SSSR count). The molecule has 13 heavy (non-hydrogen) atoms. The normalized spacial score (nSPS) is 17.2. The van der Waals surface area contributed by atoms with E-state index in [-0.39, 0.29) is 11.9 Å². The Bertz CT molecular complexity index is 327. The average molecular weight is 180 g/mol. The van der Waals surface area contributed by atoms with Crippen molar-refractivity contribution in [3.8, 4) is 0 Å². The van der Waals surface area contributed by atoms with Crippen molar-refractivity contribution in [3.63, 3.8) is 0 Å². The third kappa shape index (κ3) is 1.31. The standard InChI is InChI=1S/C8H12N4O/c1-11-5-10-2-7(11)8(13)12-3-6(9)4-12/h2,5-6H,3-4,9H2,1H3. The lowest BCUT2D eigenvalue weighted by atomic mass is 10.1. The van der Waals surface area contributed by atoms with Crippen molar-refractivity contribution in [1.29, 1.82) is 0 Å². The number of likely N-dealkylation sites (tertiary alicyclic amines) is 1. The highest BCUT2D eigenvalue weighted by Crippen LogP contribution is 2.10. The molecule has 70 valence electrons. The number of rotatable bonds is 1. The number of hydrogen-bond acceptors (Lipinski definition) is 3. The van der Waals surface area contributed by atoms with Crippen LogP contribution < -0.4 is 5.73 Å². The van der Waals surface area contributed by atoms with Gasteiger partial charge >= 0.3 is 0 Å². The van der Waals surface area contributed by atoms with E-state index in [0.29, 0.717) is 18.8 Å². The third-order valence-electron chi connectivity index (χ3n) is 2.23. The van der Waals surface area contributed by atoms with Gasteiger partial charge in [0.2, 0.25) is 0 Å². The van der Waals surface area contributed by atoms with Gasteiger partial charge in [0.15, 0.2) is 0 Å². The van der Waals surface area contributed by atoms with E-state index in [1.165, 1.54) is 0 Å². The molecule has 0 unspecified atom stereocenters. The largest absolute Gasteiger partial charge is 0.334 e. The van der Waals surface area contributed by atoms with Crippen molar-refractivity contribution in [2.75, 3.05) is 13.1 Å². The fraction of sp³-hybridized carbons (Fsp3) is 0.500. The molecule has 5 heteroatoms. The van der Waals surface area contributed by atoms with Crippen LogP contribution in [0.15, 0.2) is 12.5 Å². The molecule has 1 fully saturated rings. The Labute approximate surface area is 76.2 Å². The third-order valence-corrected chi connectivity index (χ3v) is 2.23. The first-order valence-corrected chi connectivity index (χ1v) is 4.19. The number of aromatic nitrogens is 2. The Hall–Kier alpha value is -1.36. The van der Waals surface area contributed by atoms with Gasteiger partial charge < -0.3 is 15.2 Å². The summed E-state index contributed by atoms with van der Waals surface area (Å²) >= 11 is 0. The quantitative estimate of drug-likeness (QED) is 0.615. The predicted molar refractivity (Wildman–Crippen MR) is 47.1 cm³/mol. The van der Waals surface area contributed by atoms with Gasteiger partial charge in [-0.1, -0.05) is 0 Å². The highest BCUT2D eigenvalue weighted by molar-refractivity contribution is 5.93. The van der Waals surface area contributed by atoms with Crippen molar-refractivity contribution in [3.05, 3.63) is 18.2 Å². The van der Waals surface area contributed by atoms with Crippen LogP contribution in [0.25, 0.3) is 0 Å². The topological polar surface area (TPSA) is 64.2 Å². The minimum absolute atomic E-state index is 0.0155. The molecular formula is C8H12N4O. The Morgan fingerprint density at radius 2 is 2.38 bits per heavy atom. The van der Waals surface area contributed by atoms with Gasteiger partial charge in [-0.3, -0.25) is 4.79 Å². The lowest BCUT2D eigenvalue weighted by molar-refractivity contribution is 0.0598. The van der Waals surface area contributed by atoms with Crippen molar-refractivity contribution < 1.29 is 4.79 Å². The summed E-state index contributed by atoms with van der Waals surface area (Å²) in [7, 11) is 1.81. The van der Waals surface area contributed by atoms with E-state index in [1.54, 1.807) is 29.0 Å². The maximum Gasteiger partial charge on any atom is 0.272 e. The average Bonchev–Trinajstić information content (AvgIpc) is 2.44. The first-order chi connectivity index (χ1) is 6.18. The number of amides is 1. The SMILES string of the molecule is Cn1cncc1C(=O)N1CC(N)C1. The molecule has 1 saturated heterocycles. The van der Waals surface area contributed by atoms with Crippen LogP contribution in [-0.2, 0) is 7.05 Å². The second-order valence-electron chi connectivity index (χ2n) is 3.36. The van der Waals surface area contributed by atoms with Crippen LogP contribution >= 0.6 is 0 Å². The fourth-order valence-electron chi connectivity index (χ4n) is 1.40. The van der Waals surface area contributed by atoms with Gasteiger partial charge in [0.1, 0.15) is 5.69 Å². The summed E-state index contributed by atoms with van der Waals surface area (Å²) in [5.74, 6) is 0.0155. The Kier molecular flexibility index (Phi) is 1.81. The molecule has 0 saturated carbocycles. The maximum absolute atomic E-state index is 11.7. The predicted octanol–water partition coefficient (Wildman–Crippen LogP) is -0.797. The first kappa shape index (κ1) is 8.25. The van der Waals surface area contributed by atoms with Crippen LogP contribution in [0.5, 0.6) is 0 Å². The highest BCUT2D eigenvalue weighted by Gasteiger charge is 2.29. The number of imidazole rings is 1. The Balaban J connectivity index is 2.10. The number of aryl methyl sites for hydroxylation is 1. The summed E-state index contributed by atoms with van der Waals surface area (Å²) in [5.41, 5.74) is 6.20. The number of hydrogen-bond donors (Lipinski definition) is 1. The van der Waals surface area contributed by atoms with Crippen LogP contribution in [0.3, 0.4) is 0 Å². The number of nitrogens with two attached hydrogens (primary N) is 1. The molecule has 2 heterocycles. The van der Waals surface area contributed by atoms with Gasteiger partial charge in [-0.25, -0.2) is 4.98 Å². The first-order valence-electron chi connectivity index (χ1n) is 4.19. The highest BCUT2D eigenvalue weighted by atomic mass is 16.2. The van der Waals surface area contributed by atoms with E-state index < -0.39 is 0 Å². The Morgan fingerprint density at radius 1 is 1.69 bits per heavy atom. The van der Waals surface area contributed by atoms with Crippen molar-refractivity contribution >= 4 is 5.91 Å². The van der Waals surface area contributed by atoms with E-state index >= 15 is 0 Å². The van der Waals surface area contributed by atoms with E-state index in [0.717, 1.165) is 0 Å². The molecule has 1 aliphatic rings. The maximum atomic E-state index is 11.7. The summed E-state index contributed by atoms with van der Waals surface area (Å²) in [6.45, 7) is 1.31. The summed E-state index contributed by atoms with van der Waals surface area (Å²) < 4.78 is 1.71. The minimum atomic E-state index is 0.0155. The molecule has 0 bridgehead atoms. The van der Waals surface area contributed by atoms with E-state index in [2.05, 4.69) is 4.98 Å².